The molecule has 208 valence electrons. The molecule has 0 unspecified atom stereocenters. The zero-order chi connectivity index (χ0) is 28.7. The summed E-state index contributed by atoms with van der Waals surface area (Å²) in [4.78, 5) is 34.3. The highest BCUT2D eigenvalue weighted by molar-refractivity contribution is 5.76. The van der Waals surface area contributed by atoms with E-state index in [-0.39, 0.29) is 45.7 Å². The van der Waals surface area contributed by atoms with E-state index in [1.807, 2.05) is 4.90 Å². The summed E-state index contributed by atoms with van der Waals surface area (Å²) >= 11 is 0. The zero-order valence-electron chi connectivity index (χ0n) is 22.5. The maximum atomic E-state index is 13.0. The van der Waals surface area contributed by atoms with Gasteiger partial charge in [-0.1, -0.05) is 0 Å². The molecule has 0 bridgehead atoms. The summed E-state index contributed by atoms with van der Waals surface area (Å²) in [6, 6.07) is 6.19. The van der Waals surface area contributed by atoms with Gasteiger partial charge < -0.3 is 9.80 Å². The Hall–Kier alpha value is -3.99. The number of nitrogens with one attached hydrogen (secondary N) is 1. The van der Waals surface area contributed by atoms with Gasteiger partial charge in [0.2, 0.25) is 0 Å². The van der Waals surface area contributed by atoms with Crippen molar-refractivity contribution >= 4 is 6.03 Å². The first kappa shape index (κ1) is 33.0. The SMILES string of the molecule is [C-]#[N+]CNCCN(CCN1CCN(CCN(CCN(CC#N)CC#N)CCN(CC#N)C[N+]#[C-])C1=O)C[N+]#[C-]. The van der Waals surface area contributed by atoms with Crippen molar-refractivity contribution in [2.75, 3.05) is 118 Å². The highest BCUT2D eigenvalue weighted by Crippen LogP contribution is 2.09. The first-order valence-electron chi connectivity index (χ1n) is 12.8. The number of rotatable bonds is 21. The minimum atomic E-state index is -0.0430. The van der Waals surface area contributed by atoms with E-state index in [1.165, 1.54) is 0 Å². The van der Waals surface area contributed by atoms with Crippen LogP contribution in [0.4, 0.5) is 4.79 Å². The normalized spacial score (nSPS) is 12.8. The highest BCUT2D eigenvalue weighted by atomic mass is 16.2. The van der Waals surface area contributed by atoms with Crippen LogP contribution in [0.3, 0.4) is 0 Å². The predicted molar refractivity (Wildman–Crippen MR) is 144 cm³/mol. The number of nitrogens with zero attached hydrogens (tertiary/aromatic N) is 12. The first-order valence-corrected chi connectivity index (χ1v) is 12.8. The third-order valence-corrected chi connectivity index (χ3v) is 6.24. The fourth-order valence-corrected chi connectivity index (χ4v) is 4.01. The van der Waals surface area contributed by atoms with E-state index in [9.17, 15) is 4.79 Å². The van der Waals surface area contributed by atoms with Gasteiger partial charge in [0, 0.05) is 78.5 Å². The van der Waals surface area contributed by atoms with Crippen molar-refractivity contribution in [2.24, 2.45) is 0 Å². The molecule has 1 aliphatic rings. The molecule has 1 N–H and O–H groups in total. The number of hydrogen-bond acceptors (Lipinski definition) is 9. The van der Waals surface area contributed by atoms with Crippen LogP contribution < -0.4 is 5.32 Å². The van der Waals surface area contributed by atoms with E-state index in [0.29, 0.717) is 78.5 Å². The van der Waals surface area contributed by atoms with Crippen LogP contribution in [-0.4, -0.2) is 154 Å². The smallest absolute Gasteiger partial charge is 0.320 e. The second-order valence-corrected chi connectivity index (χ2v) is 8.87. The molecule has 1 fully saturated rings. The van der Waals surface area contributed by atoms with Gasteiger partial charge in [-0.05, 0) is 0 Å². The lowest BCUT2D eigenvalue weighted by molar-refractivity contribution is 0.166. The molecule has 1 aliphatic heterocycles. The van der Waals surface area contributed by atoms with Gasteiger partial charge in [0.05, 0.1) is 37.8 Å². The van der Waals surface area contributed by atoms with Crippen LogP contribution in [0.5, 0.6) is 0 Å². The van der Waals surface area contributed by atoms with E-state index in [4.69, 9.17) is 35.5 Å². The number of nitriles is 3. The van der Waals surface area contributed by atoms with Gasteiger partial charge in [0.15, 0.2) is 0 Å². The monoisotopic (exact) mass is 535 g/mol. The fraction of sp³-hybridized carbons (Fsp3) is 0.720. The molecule has 0 aromatic rings. The molecule has 0 aliphatic carbocycles. The Bertz CT molecular complexity index is 905. The number of urea groups is 1. The van der Waals surface area contributed by atoms with Crippen molar-refractivity contribution in [3.05, 3.63) is 34.3 Å². The van der Waals surface area contributed by atoms with Crippen LogP contribution in [0.2, 0.25) is 0 Å². The van der Waals surface area contributed by atoms with Crippen molar-refractivity contribution < 1.29 is 4.79 Å². The van der Waals surface area contributed by atoms with Gasteiger partial charge in [-0.3, -0.25) is 24.3 Å². The summed E-state index contributed by atoms with van der Waals surface area (Å²) in [6.07, 6.45) is 0. The third kappa shape index (κ3) is 13.9. The Morgan fingerprint density at radius 2 is 1.18 bits per heavy atom. The topological polar surface area (TPSA) is 133 Å². The number of amides is 2. The summed E-state index contributed by atoms with van der Waals surface area (Å²) in [5, 5.41) is 30.1. The first-order chi connectivity index (χ1) is 19.0. The molecule has 1 rings (SSSR count). The molecule has 2 amide bonds. The summed E-state index contributed by atoms with van der Waals surface area (Å²) in [5.41, 5.74) is 0. The van der Waals surface area contributed by atoms with E-state index < -0.39 is 0 Å². The Morgan fingerprint density at radius 3 is 1.72 bits per heavy atom. The molecule has 39 heavy (non-hydrogen) atoms. The minimum absolute atomic E-state index is 0.0430. The zero-order valence-corrected chi connectivity index (χ0v) is 22.5. The molecule has 14 nitrogen and oxygen atoms in total. The lowest BCUT2D eigenvalue weighted by Gasteiger charge is -2.28. The molecule has 1 heterocycles. The van der Waals surface area contributed by atoms with Crippen LogP contribution in [0.15, 0.2) is 0 Å². The van der Waals surface area contributed by atoms with Gasteiger partial charge in [-0.2, -0.15) is 15.8 Å². The second-order valence-electron chi connectivity index (χ2n) is 8.87. The van der Waals surface area contributed by atoms with Gasteiger partial charge in [0.25, 0.3) is 20.0 Å². The molecule has 0 spiro atoms. The third-order valence-electron chi connectivity index (χ3n) is 6.24. The summed E-state index contributed by atoms with van der Waals surface area (Å²) in [6.45, 7) is 29.0. The minimum Gasteiger partial charge on any atom is -0.322 e. The van der Waals surface area contributed by atoms with E-state index in [2.05, 4.69) is 43.0 Å². The van der Waals surface area contributed by atoms with Crippen molar-refractivity contribution in [1.82, 2.24) is 34.7 Å². The Morgan fingerprint density at radius 1 is 0.692 bits per heavy atom. The number of hydrogen-bond donors (Lipinski definition) is 1. The highest BCUT2D eigenvalue weighted by Gasteiger charge is 2.28. The summed E-state index contributed by atoms with van der Waals surface area (Å²) in [7, 11) is 0. The number of carbonyl (C=O) groups excluding carboxylic acids is 1. The molecule has 0 aromatic heterocycles. The standard InChI is InChI=1S/C25H37N13O/c1-29-22-32-7-11-36(24-31-3)17-19-38-21-20-37(25(38)39)18-16-34(13-12-33(8-4-26)9-5-27)14-15-35(10-6-28)23-30-2/h32H,7-24H2. The molecular formula is C25H37N13O. The average Bonchev–Trinajstić information content (AvgIpc) is 3.28. The molecule has 0 saturated carbocycles. The number of carbonyl (C=O) groups is 1. The van der Waals surface area contributed by atoms with Crippen LogP contribution in [-0.2, 0) is 0 Å². The quantitative estimate of drug-likeness (QED) is 0.120. The fourth-order valence-electron chi connectivity index (χ4n) is 4.01. The molecule has 0 aromatic carbocycles. The lowest BCUT2D eigenvalue weighted by atomic mass is 10.3. The second kappa shape index (κ2) is 21.0. The van der Waals surface area contributed by atoms with Crippen molar-refractivity contribution in [3.63, 3.8) is 0 Å². The molecule has 14 heteroatoms. The van der Waals surface area contributed by atoms with Crippen LogP contribution >= 0.6 is 0 Å². The van der Waals surface area contributed by atoms with Crippen LogP contribution in [0, 0.1) is 53.7 Å². The molecule has 0 radical (unpaired) electrons. The van der Waals surface area contributed by atoms with Crippen LogP contribution in [0.25, 0.3) is 14.5 Å². The predicted octanol–water partition coefficient (Wildman–Crippen LogP) is -0.277. The Kier molecular flexibility index (Phi) is 17.8. The van der Waals surface area contributed by atoms with Gasteiger partial charge in [0.1, 0.15) is 0 Å². The Labute approximate surface area is 232 Å². The van der Waals surface area contributed by atoms with Gasteiger partial charge in [-0.15, -0.1) is 0 Å². The lowest BCUT2D eigenvalue weighted by Crippen LogP contribution is -2.44. The average molecular weight is 536 g/mol. The molecule has 0 atom stereocenters. The maximum absolute atomic E-state index is 13.0. The van der Waals surface area contributed by atoms with Crippen LogP contribution in [0.1, 0.15) is 0 Å². The van der Waals surface area contributed by atoms with Crippen molar-refractivity contribution in [3.8, 4) is 18.2 Å². The largest absolute Gasteiger partial charge is 0.322 e. The maximum Gasteiger partial charge on any atom is 0.320 e. The Balaban J connectivity index is 2.66. The van der Waals surface area contributed by atoms with E-state index >= 15 is 0 Å². The van der Waals surface area contributed by atoms with E-state index in [1.54, 1.807) is 19.6 Å². The summed E-state index contributed by atoms with van der Waals surface area (Å²) < 4.78 is 0. The molecule has 1 saturated heterocycles. The molecular weight excluding hydrogens is 498 g/mol. The van der Waals surface area contributed by atoms with Crippen molar-refractivity contribution in [2.45, 2.75) is 0 Å². The van der Waals surface area contributed by atoms with Gasteiger partial charge in [-0.25, -0.2) is 39.6 Å². The summed E-state index contributed by atoms with van der Waals surface area (Å²) in [5.74, 6) is 0. The van der Waals surface area contributed by atoms with Gasteiger partial charge >= 0.3 is 6.03 Å². The van der Waals surface area contributed by atoms with Crippen molar-refractivity contribution in [1.29, 1.82) is 15.8 Å². The van der Waals surface area contributed by atoms with E-state index in [0.717, 1.165) is 0 Å².